The average molecular weight is 207 g/mol. The van der Waals surface area contributed by atoms with Gasteiger partial charge in [-0.25, -0.2) is 0 Å². The van der Waals surface area contributed by atoms with Gasteiger partial charge in [-0.1, -0.05) is 0 Å². The number of benzene rings is 1. The minimum Gasteiger partial charge on any atom is -0.508 e. The van der Waals surface area contributed by atoms with E-state index in [0.29, 0.717) is 6.42 Å². The summed E-state index contributed by atoms with van der Waals surface area (Å²) in [4.78, 5) is 12.6. The van der Waals surface area contributed by atoms with E-state index in [1.807, 2.05) is 18.0 Å². The lowest BCUT2D eigenvalue weighted by molar-refractivity contribution is -0.137. The standard InChI is InChI=1S/C11H13NO3/c1-12-8(6-11(14)15)4-7-5-9(13)2-3-10(7)12/h2-3,5,8,13H,4,6H2,1H3,(H,14,15). The number of rotatable bonds is 2. The highest BCUT2D eigenvalue weighted by atomic mass is 16.4. The van der Waals surface area contributed by atoms with Crippen molar-refractivity contribution >= 4 is 11.7 Å². The third-order valence-electron chi connectivity index (χ3n) is 2.86. The number of nitrogens with zero attached hydrogens (tertiary/aromatic N) is 1. The zero-order chi connectivity index (χ0) is 11.0. The summed E-state index contributed by atoms with van der Waals surface area (Å²) in [6, 6.07) is 5.15. The van der Waals surface area contributed by atoms with Crippen LogP contribution in [0.5, 0.6) is 5.75 Å². The average Bonchev–Trinajstić information content (AvgIpc) is 2.42. The third-order valence-corrected chi connectivity index (χ3v) is 2.86. The lowest BCUT2D eigenvalue weighted by Gasteiger charge is -2.20. The second-order valence-corrected chi connectivity index (χ2v) is 3.88. The molecule has 4 heteroatoms. The van der Waals surface area contributed by atoms with Crippen molar-refractivity contribution in [2.75, 3.05) is 11.9 Å². The second-order valence-electron chi connectivity index (χ2n) is 3.88. The number of hydrogen-bond donors (Lipinski definition) is 2. The molecule has 1 atom stereocenters. The second kappa shape index (κ2) is 3.46. The number of aromatic hydroxyl groups is 1. The molecule has 0 saturated carbocycles. The minimum atomic E-state index is -0.788. The number of aliphatic carboxylic acids is 1. The summed E-state index contributed by atoms with van der Waals surface area (Å²) in [6.07, 6.45) is 0.818. The van der Waals surface area contributed by atoms with Gasteiger partial charge < -0.3 is 15.1 Å². The molecule has 0 radical (unpaired) electrons. The Morgan fingerprint density at radius 3 is 3.00 bits per heavy atom. The van der Waals surface area contributed by atoms with E-state index in [9.17, 15) is 9.90 Å². The molecule has 2 rings (SSSR count). The molecule has 2 N–H and O–H groups in total. The van der Waals surface area contributed by atoms with E-state index in [2.05, 4.69) is 0 Å². The van der Waals surface area contributed by atoms with E-state index in [1.54, 1.807) is 12.1 Å². The van der Waals surface area contributed by atoms with Crippen LogP contribution in [0.3, 0.4) is 0 Å². The lowest BCUT2D eigenvalue weighted by Crippen LogP contribution is -2.30. The lowest BCUT2D eigenvalue weighted by atomic mass is 10.1. The molecule has 0 saturated heterocycles. The maximum Gasteiger partial charge on any atom is 0.305 e. The van der Waals surface area contributed by atoms with Gasteiger partial charge in [-0.2, -0.15) is 0 Å². The van der Waals surface area contributed by atoms with Crippen molar-refractivity contribution in [1.82, 2.24) is 0 Å². The van der Waals surface area contributed by atoms with Gasteiger partial charge in [0, 0.05) is 18.8 Å². The number of hydrogen-bond acceptors (Lipinski definition) is 3. The van der Waals surface area contributed by atoms with Crippen LogP contribution in [-0.2, 0) is 11.2 Å². The number of phenols is 1. The smallest absolute Gasteiger partial charge is 0.305 e. The number of likely N-dealkylation sites (N-methyl/N-ethyl adjacent to an activating group) is 1. The Morgan fingerprint density at radius 2 is 2.33 bits per heavy atom. The number of carboxylic acids is 1. The highest BCUT2D eigenvalue weighted by Crippen LogP contribution is 2.34. The van der Waals surface area contributed by atoms with Crippen molar-refractivity contribution in [2.45, 2.75) is 18.9 Å². The molecular formula is C11H13NO3. The van der Waals surface area contributed by atoms with Crippen LogP contribution < -0.4 is 4.90 Å². The highest BCUT2D eigenvalue weighted by Gasteiger charge is 2.28. The van der Waals surface area contributed by atoms with E-state index < -0.39 is 5.97 Å². The molecule has 1 aliphatic heterocycles. The number of carboxylic acid groups (broad SMARTS) is 1. The maximum atomic E-state index is 10.6. The Kier molecular flexibility index (Phi) is 2.26. The molecule has 15 heavy (non-hydrogen) atoms. The van der Waals surface area contributed by atoms with Crippen LogP contribution in [0.1, 0.15) is 12.0 Å². The van der Waals surface area contributed by atoms with Crippen molar-refractivity contribution in [3.05, 3.63) is 23.8 Å². The molecule has 0 fully saturated rings. The van der Waals surface area contributed by atoms with Gasteiger partial charge in [-0.15, -0.1) is 0 Å². The Morgan fingerprint density at radius 1 is 1.60 bits per heavy atom. The quantitative estimate of drug-likeness (QED) is 0.765. The van der Waals surface area contributed by atoms with Crippen LogP contribution in [0.4, 0.5) is 5.69 Å². The van der Waals surface area contributed by atoms with Gasteiger partial charge in [0.1, 0.15) is 5.75 Å². The molecule has 1 heterocycles. The summed E-state index contributed by atoms with van der Waals surface area (Å²) in [6.45, 7) is 0. The molecule has 1 aliphatic rings. The number of anilines is 1. The predicted octanol–water partition coefficient (Wildman–Crippen LogP) is 1.23. The summed E-state index contributed by atoms with van der Waals surface area (Å²) in [5.74, 6) is -0.554. The highest BCUT2D eigenvalue weighted by molar-refractivity contribution is 5.70. The van der Waals surface area contributed by atoms with E-state index >= 15 is 0 Å². The Bertz CT molecular complexity index is 403. The summed E-state index contributed by atoms with van der Waals surface area (Å²) >= 11 is 0. The molecule has 0 bridgehead atoms. The molecule has 0 aliphatic carbocycles. The first-order chi connectivity index (χ1) is 7.08. The fraction of sp³-hybridized carbons (Fsp3) is 0.364. The van der Waals surface area contributed by atoms with Crippen molar-refractivity contribution in [2.24, 2.45) is 0 Å². The van der Waals surface area contributed by atoms with Gasteiger partial charge in [0.25, 0.3) is 0 Å². The van der Waals surface area contributed by atoms with Crippen LogP contribution in [-0.4, -0.2) is 29.3 Å². The van der Waals surface area contributed by atoms with Crippen LogP contribution in [0.2, 0.25) is 0 Å². The van der Waals surface area contributed by atoms with Gasteiger partial charge in [-0.05, 0) is 30.2 Å². The first kappa shape index (κ1) is 9.83. The molecule has 1 aromatic rings. The largest absolute Gasteiger partial charge is 0.508 e. The van der Waals surface area contributed by atoms with Crippen molar-refractivity contribution in [3.8, 4) is 5.75 Å². The summed E-state index contributed by atoms with van der Waals surface area (Å²) in [7, 11) is 1.89. The molecule has 1 aromatic carbocycles. The van der Waals surface area contributed by atoms with Crippen molar-refractivity contribution < 1.29 is 15.0 Å². The minimum absolute atomic E-state index is 0.000648. The van der Waals surface area contributed by atoms with Gasteiger partial charge >= 0.3 is 5.97 Å². The Hall–Kier alpha value is -1.71. The van der Waals surface area contributed by atoms with Crippen molar-refractivity contribution in [3.63, 3.8) is 0 Å². The van der Waals surface area contributed by atoms with Crippen LogP contribution >= 0.6 is 0 Å². The molecule has 0 amide bonds. The summed E-state index contributed by atoms with van der Waals surface area (Å²) < 4.78 is 0. The molecule has 1 unspecified atom stereocenters. The molecule has 0 spiro atoms. The zero-order valence-corrected chi connectivity index (χ0v) is 8.47. The van der Waals surface area contributed by atoms with Gasteiger partial charge in [-0.3, -0.25) is 4.79 Å². The number of fused-ring (bicyclic) bond motifs is 1. The predicted molar refractivity (Wildman–Crippen MR) is 56.3 cm³/mol. The zero-order valence-electron chi connectivity index (χ0n) is 8.47. The molecular weight excluding hydrogens is 194 g/mol. The number of phenolic OH excluding ortho intramolecular Hbond substituents is 1. The SMILES string of the molecule is CN1c2ccc(O)cc2CC1CC(=O)O. The van der Waals surface area contributed by atoms with E-state index in [1.165, 1.54) is 0 Å². The summed E-state index contributed by atoms with van der Waals surface area (Å²) in [5, 5.41) is 18.1. The van der Waals surface area contributed by atoms with Crippen molar-refractivity contribution in [1.29, 1.82) is 0 Å². The maximum absolute atomic E-state index is 10.6. The Balaban J connectivity index is 2.25. The topological polar surface area (TPSA) is 60.8 Å². The molecule has 0 aromatic heterocycles. The van der Waals surface area contributed by atoms with E-state index in [4.69, 9.17) is 5.11 Å². The fourth-order valence-electron chi connectivity index (χ4n) is 2.08. The third kappa shape index (κ3) is 1.75. The van der Waals surface area contributed by atoms with Gasteiger partial charge in [0.05, 0.1) is 6.42 Å². The monoisotopic (exact) mass is 207 g/mol. The van der Waals surface area contributed by atoms with Crippen LogP contribution in [0.15, 0.2) is 18.2 Å². The Labute approximate surface area is 87.8 Å². The first-order valence-corrected chi connectivity index (χ1v) is 4.84. The van der Waals surface area contributed by atoms with E-state index in [-0.39, 0.29) is 18.2 Å². The van der Waals surface area contributed by atoms with Gasteiger partial charge in [0.2, 0.25) is 0 Å². The van der Waals surface area contributed by atoms with Crippen LogP contribution in [0.25, 0.3) is 0 Å². The fourth-order valence-corrected chi connectivity index (χ4v) is 2.08. The molecule has 80 valence electrons. The van der Waals surface area contributed by atoms with Gasteiger partial charge in [0.15, 0.2) is 0 Å². The number of carbonyl (C=O) groups is 1. The summed E-state index contributed by atoms with van der Waals surface area (Å²) in [5.41, 5.74) is 2.03. The molecule has 4 nitrogen and oxygen atoms in total. The van der Waals surface area contributed by atoms with E-state index in [0.717, 1.165) is 11.3 Å². The normalized spacial score (nSPS) is 19.0. The van der Waals surface area contributed by atoms with Crippen LogP contribution in [0, 0.1) is 0 Å². The first-order valence-electron chi connectivity index (χ1n) is 4.84.